The smallest absolute Gasteiger partial charge is 0.138 e. The van der Waals surface area contributed by atoms with Crippen molar-refractivity contribution in [3.63, 3.8) is 0 Å². The van der Waals surface area contributed by atoms with Crippen LogP contribution in [0.15, 0.2) is 24.5 Å². The maximum Gasteiger partial charge on any atom is 0.138 e. The van der Waals surface area contributed by atoms with Crippen molar-refractivity contribution in [1.82, 2.24) is 20.3 Å². The number of aromatic hydroxyl groups is 1. The number of aromatic nitrogens is 3. The minimum atomic E-state index is 0.242. The fourth-order valence-corrected chi connectivity index (χ4v) is 3.08. The van der Waals surface area contributed by atoms with Crippen LogP contribution in [0.4, 0.5) is 11.6 Å². The van der Waals surface area contributed by atoms with Gasteiger partial charge in [0.25, 0.3) is 0 Å². The Morgan fingerprint density at radius 1 is 1.33 bits per heavy atom. The van der Waals surface area contributed by atoms with Crippen LogP contribution >= 0.6 is 0 Å². The van der Waals surface area contributed by atoms with Gasteiger partial charge in [-0.3, -0.25) is 4.98 Å². The molecule has 0 amide bonds. The van der Waals surface area contributed by atoms with E-state index in [0.29, 0.717) is 18.3 Å². The molecule has 7 heteroatoms. The second-order valence-corrected chi connectivity index (χ2v) is 6.05. The first-order chi connectivity index (χ1) is 11.7. The standard InChI is InChI=1S/C17H24N6O/c1-12-5-6-15(24)14(22-12)10-19-9-13-4-3-7-23(13)17-8-16(18-2)20-11-21-17/h5-6,8,11,13,19,24H,3-4,7,9-10H2,1-2H3,(H,18,20,21)/t13-/m1/s1. The molecule has 0 unspecified atom stereocenters. The first-order valence-corrected chi connectivity index (χ1v) is 8.30. The van der Waals surface area contributed by atoms with E-state index >= 15 is 0 Å². The molecule has 1 atom stereocenters. The Morgan fingerprint density at radius 2 is 2.21 bits per heavy atom. The average molecular weight is 328 g/mol. The van der Waals surface area contributed by atoms with E-state index in [1.54, 1.807) is 12.4 Å². The number of hydrogen-bond acceptors (Lipinski definition) is 7. The van der Waals surface area contributed by atoms with Crippen molar-refractivity contribution in [3.8, 4) is 5.75 Å². The molecule has 0 aromatic carbocycles. The number of nitrogens with zero attached hydrogens (tertiary/aromatic N) is 4. The molecule has 1 fully saturated rings. The van der Waals surface area contributed by atoms with Crippen molar-refractivity contribution in [2.24, 2.45) is 0 Å². The Labute approximate surface area is 142 Å². The van der Waals surface area contributed by atoms with Crippen LogP contribution in [-0.2, 0) is 6.54 Å². The van der Waals surface area contributed by atoms with Gasteiger partial charge in [0.15, 0.2) is 0 Å². The molecule has 0 radical (unpaired) electrons. The first kappa shape index (κ1) is 16.4. The fourth-order valence-electron chi connectivity index (χ4n) is 3.08. The molecule has 128 valence electrons. The molecule has 0 aliphatic carbocycles. The minimum absolute atomic E-state index is 0.242. The van der Waals surface area contributed by atoms with E-state index in [4.69, 9.17) is 0 Å². The lowest BCUT2D eigenvalue weighted by molar-refractivity contribution is 0.456. The zero-order valence-corrected chi connectivity index (χ0v) is 14.2. The average Bonchev–Trinajstić information content (AvgIpc) is 3.06. The SMILES string of the molecule is CNc1cc(N2CCC[C@@H]2CNCc2nc(C)ccc2O)ncn1. The Balaban J connectivity index is 1.61. The fraction of sp³-hybridized carbons (Fsp3) is 0.471. The summed E-state index contributed by atoms with van der Waals surface area (Å²) in [5, 5.41) is 16.3. The number of rotatable bonds is 6. The van der Waals surface area contributed by atoms with E-state index in [2.05, 4.69) is 30.5 Å². The van der Waals surface area contributed by atoms with Gasteiger partial charge in [-0.15, -0.1) is 0 Å². The highest BCUT2D eigenvalue weighted by molar-refractivity contribution is 5.49. The second kappa shape index (κ2) is 7.44. The predicted molar refractivity (Wildman–Crippen MR) is 94.3 cm³/mol. The van der Waals surface area contributed by atoms with Crippen LogP contribution in [0, 0.1) is 6.92 Å². The lowest BCUT2D eigenvalue weighted by atomic mass is 10.2. The van der Waals surface area contributed by atoms with Crippen LogP contribution in [-0.4, -0.2) is 46.2 Å². The molecule has 1 aliphatic rings. The lowest BCUT2D eigenvalue weighted by Gasteiger charge is -2.26. The van der Waals surface area contributed by atoms with Crippen molar-refractivity contribution >= 4 is 11.6 Å². The maximum absolute atomic E-state index is 9.88. The maximum atomic E-state index is 9.88. The first-order valence-electron chi connectivity index (χ1n) is 8.30. The summed E-state index contributed by atoms with van der Waals surface area (Å²) in [6.45, 7) is 4.31. The van der Waals surface area contributed by atoms with E-state index in [1.807, 2.05) is 26.1 Å². The third-order valence-electron chi connectivity index (χ3n) is 4.34. The van der Waals surface area contributed by atoms with Crippen molar-refractivity contribution in [1.29, 1.82) is 0 Å². The molecule has 3 rings (SSSR count). The summed E-state index contributed by atoms with van der Waals surface area (Å²) in [5.41, 5.74) is 1.60. The van der Waals surface area contributed by atoms with Gasteiger partial charge in [-0.05, 0) is 31.9 Å². The topological polar surface area (TPSA) is 86.2 Å². The minimum Gasteiger partial charge on any atom is -0.506 e. The van der Waals surface area contributed by atoms with E-state index in [9.17, 15) is 5.11 Å². The van der Waals surface area contributed by atoms with Crippen LogP contribution in [0.25, 0.3) is 0 Å². The summed E-state index contributed by atoms with van der Waals surface area (Å²) in [7, 11) is 1.86. The number of hydrogen-bond donors (Lipinski definition) is 3. The van der Waals surface area contributed by atoms with Crippen LogP contribution in [0.5, 0.6) is 5.75 Å². The van der Waals surface area contributed by atoms with Gasteiger partial charge in [0.05, 0.1) is 5.69 Å². The molecule has 2 aromatic heterocycles. The third-order valence-corrected chi connectivity index (χ3v) is 4.34. The summed E-state index contributed by atoms with van der Waals surface area (Å²) in [6, 6.07) is 5.87. The van der Waals surface area contributed by atoms with Gasteiger partial charge < -0.3 is 20.6 Å². The van der Waals surface area contributed by atoms with Crippen LogP contribution in [0.1, 0.15) is 24.2 Å². The molecule has 0 bridgehead atoms. The molecule has 1 aliphatic heterocycles. The number of nitrogens with one attached hydrogen (secondary N) is 2. The van der Waals surface area contributed by atoms with Gasteiger partial charge in [-0.1, -0.05) is 0 Å². The quantitative estimate of drug-likeness (QED) is 0.744. The molecule has 2 aromatic rings. The van der Waals surface area contributed by atoms with Gasteiger partial charge >= 0.3 is 0 Å². The van der Waals surface area contributed by atoms with Gasteiger partial charge in [0.1, 0.15) is 23.7 Å². The van der Waals surface area contributed by atoms with Gasteiger partial charge in [-0.25, -0.2) is 9.97 Å². The Hall–Kier alpha value is -2.41. The molecule has 0 spiro atoms. The molecule has 1 saturated heterocycles. The highest BCUT2D eigenvalue weighted by Crippen LogP contribution is 2.24. The van der Waals surface area contributed by atoms with E-state index in [0.717, 1.165) is 43.3 Å². The third kappa shape index (κ3) is 3.73. The number of aryl methyl sites for hydroxylation is 1. The molecular weight excluding hydrogens is 304 g/mol. The van der Waals surface area contributed by atoms with Gasteiger partial charge in [0.2, 0.25) is 0 Å². The van der Waals surface area contributed by atoms with Crippen LogP contribution < -0.4 is 15.5 Å². The summed E-state index contributed by atoms with van der Waals surface area (Å²) in [5.74, 6) is 2.02. The van der Waals surface area contributed by atoms with E-state index in [1.165, 1.54) is 0 Å². The zero-order valence-electron chi connectivity index (χ0n) is 14.2. The number of pyridine rings is 1. The van der Waals surface area contributed by atoms with Crippen LogP contribution in [0.2, 0.25) is 0 Å². The van der Waals surface area contributed by atoms with E-state index in [-0.39, 0.29) is 5.75 Å². The molecule has 7 nitrogen and oxygen atoms in total. The van der Waals surface area contributed by atoms with Crippen LogP contribution in [0.3, 0.4) is 0 Å². The summed E-state index contributed by atoms with van der Waals surface area (Å²) in [6.07, 6.45) is 3.87. The largest absolute Gasteiger partial charge is 0.506 e. The monoisotopic (exact) mass is 328 g/mol. The highest BCUT2D eigenvalue weighted by Gasteiger charge is 2.25. The molecular formula is C17H24N6O. The predicted octanol–water partition coefficient (Wildman–Crippen LogP) is 1.69. The van der Waals surface area contributed by atoms with Gasteiger partial charge in [-0.2, -0.15) is 0 Å². The lowest BCUT2D eigenvalue weighted by Crippen LogP contribution is -2.38. The Morgan fingerprint density at radius 3 is 3.04 bits per heavy atom. The van der Waals surface area contributed by atoms with Crippen molar-refractivity contribution in [2.75, 3.05) is 30.4 Å². The summed E-state index contributed by atoms with van der Waals surface area (Å²) in [4.78, 5) is 15.3. The molecule has 3 N–H and O–H groups in total. The second-order valence-electron chi connectivity index (χ2n) is 6.05. The van der Waals surface area contributed by atoms with Crippen molar-refractivity contribution in [3.05, 3.63) is 35.9 Å². The normalized spacial score (nSPS) is 17.2. The molecule has 24 heavy (non-hydrogen) atoms. The molecule has 0 saturated carbocycles. The Kier molecular flexibility index (Phi) is 5.10. The van der Waals surface area contributed by atoms with Crippen molar-refractivity contribution in [2.45, 2.75) is 32.4 Å². The Bertz CT molecular complexity index is 693. The summed E-state index contributed by atoms with van der Waals surface area (Å²) < 4.78 is 0. The molecule has 3 heterocycles. The van der Waals surface area contributed by atoms with Gasteiger partial charge in [0, 0.05) is 44.5 Å². The number of anilines is 2. The van der Waals surface area contributed by atoms with E-state index < -0.39 is 0 Å². The summed E-state index contributed by atoms with van der Waals surface area (Å²) >= 11 is 0. The highest BCUT2D eigenvalue weighted by atomic mass is 16.3. The van der Waals surface area contributed by atoms with Crippen molar-refractivity contribution < 1.29 is 5.11 Å². The zero-order chi connectivity index (χ0) is 16.9.